The molecule has 1 aliphatic carbocycles. The highest BCUT2D eigenvalue weighted by Gasteiger charge is 2.28. The summed E-state index contributed by atoms with van der Waals surface area (Å²) in [5.41, 5.74) is 0. The van der Waals surface area contributed by atoms with Crippen molar-refractivity contribution < 1.29 is 0 Å². The minimum Gasteiger partial charge on any atom is -0.369 e. The summed E-state index contributed by atoms with van der Waals surface area (Å²) in [5, 5.41) is 4.75. The fourth-order valence-corrected chi connectivity index (χ4v) is 2.89. The largest absolute Gasteiger partial charge is 0.369 e. The summed E-state index contributed by atoms with van der Waals surface area (Å²) in [6.45, 7) is 1.11. The minimum atomic E-state index is 0.822. The van der Waals surface area contributed by atoms with Crippen LogP contribution in [-0.2, 0) is 6.42 Å². The van der Waals surface area contributed by atoms with E-state index in [2.05, 4.69) is 10.3 Å². The van der Waals surface area contributed by atoms with Gasteiger partial charge in [0.05, 0.1) is 5.01 Å². The van der Waals surface area contributed by atoms with Crippen molar-refractivity contribution in [2.24, 2.45) is 0 Å². The van der Waals surface area contributed by atoms with E-state index in [1.807, 2.05) is 11.3 Å². The van der Waals surface area contributed by atoms with Gasteiger partial charge < -0.3 is 5.32 Å². The van der Waals surface area contributed by atoms with Crippen LogP contribution in [0.3, 0.4) is 0 Å². The molecule has 0 amide bonds. The number of aromatic nitrogens is 1. The van der Waals surface area contributed by atoms with Gasteiger partial charge in [-0.05, 0) is 25.7 Å². The molecule has 2 heterocycles. The van der Waals surface area contributed by atoms with Gasteiger partial charge in [0.2, 0.25) is 0 Å². The quantitative estimate of drug-likeness (QED) is 0.717. The normalized spacial score (nSPS) is 21.7. The van der Waals surface area contributed by atoms with Crippen LogP contribution < -0.4 is 5.32 Å². The van der Waals surface area contributed by atoms with Gasteiger partial charge >= 0.3 is 0 Å². The average Bonchev–Trinajstić information content (AvgIpc) is 2.85. The molecule has 0 unspecified atom stereocenters. The Hall–Kier alpha value is -0.570. The lowest BCUT2D eigenvalue weighted by molar-refractivity contribution is 0.835. The number of nitrogens with zero attached hydrogens (tertiary/aromatic N) is 1. The third-order valence-electron chi connectivity index (χ3n) is 2.51. The summed E-state index contributed by atoms with van der Waals surface area (Å²) in [6.07, 6.45) is 5.25. The van der Waals surface area contributed by atoms with E-state index in [-0.39, 0.29) is 0 Å². The topological polar surface area (TPSA) is 24.9 Å². The van der Waals surface area contributed by atoms with Crippen molar-refractivity contribution in [3.8, 4) is 0 Å². The first-order valence-electron chi connectivity index (χ1n) is 4.67. The Labute approximate surface area is 76.0 Å². The number of hydrogen-bond donors (Lipinski definition) is 1. The van der Waals surface area contributed by atoms with E-state index < -0.39 is 0 Å². The minimum absolute atomic E-state index is 0.822. The van der Waals surface area contributed by atoms with E-state index in [0.717, 1.165) is 12.5 Å². The van der Waals surface area contributed by atoms with Crippen LogP contribution >= 0.6 is 11.3 Å². The lowest BCUT2D eigenvalue weighted by Gasteiger charge is -2.10. The summed E-state index contributed by atoms with van der Waals surface area (Å²) in [5.74, 6) is 2.01. The molecule has 2 nitrogen and oxygen atoms in total. The summed E-state index contributed by atoms with van der Waals surface area (Å²) in [7, 11) is 0. The molecule has 0 saturated heterocycles. The first kappa shape index (κ1) is 6.89. The fraction of sp³-hybridized carbons (Fsp3) is 0.667. The second-order valence-corrected chi connectivity index (χ2v) is 4.74. The van der Waals surface area contributed by atoms with Gasteiger partial charge in [0.25, 0.3) is 0 Å². The van der Waals surface area contributed by atoms with Gasteiger partial charge in [-0.15, -0.1) is 11.3 Å². The van der Waals surface area contributed by atoms with Crippen LogP contribution in [0.2, 0.25) is 0 Å². The lowest BCUT2D eigenvalue weighted by Crippen LogP contribution is -2.09. The van der Waals surface area contributed by atoms with E-state index in [4.69, 9.17) is 0 Å². The second kappa shape index (κ2) is 2.46. The van der Waals surface area contributed by atoms with Gasteiger partial charge in [0.15, 0.2) is 0 Å². The van der Waals surface area contributed by atoms with E-state index in [1.54, 1.807) is 0 Å². The summed E-state index contributed by atoms with van der Waals surface area (Å²) >= 11 is 1.93. The number of anilines is 1. The van der Waals surface area contributed by atoms with Gasteiger partial charge in [0.1, 0.15) is 5.82 Å². The standard InChI is InChI=1S/C9H12N2S/c1-2-7-8(10-5-1)11-9(12-7)6-3-4-6/h6,10H,1-5H2. The van der Waals surface area contributed by atoms with Crippen molar-refractivity contribution in [3.63, 3.8) is 0 Å². The van der Waals surface area contributed by atoms with E-state index in [0.29, 0.717) is 0 Å². The van der Waals surface area contributed by atoms with Crippen LogP contribution in [0.4, 0.5) is 5.82 Å². The smallest absolute Gasteiger partial charge is 0.140 e. The van der Waals surface area contributed by atoms with Gasteiger partial charge in [-0.3, -0.25) is 0 Å². The molecule has 0 atom stereocenters. The number of hydrogen-bond acceptors (Lipinski definition) is 3. The van der Waals surface area contributed by atoms with E-state index in [9.17, 15) is 0 Å². The number of thiazole rings is 1. The molecule has 0 aromatic carbocycles. The molecule has 1 aromatic heterocycles. The maximum absolute atomic E-state index is 4.62. The Balaban J connectivity index is 1.97. The van der Waals surface area contributed by atoms with Crippen molar-refractivity contribution >= 4 is 17.2 Å². The molecule has 1 aromatic rings. The zero-order valence-electron chi connectivity index (χ0n) is 6.97. The maximum Gasteiger partial charge on any atom is 0.140 e. The highest BCUT2D eigenvalue weighted by molar-refractivity contribution is 7.12. The van der Waals surface area contributed by atoms with Gasteiger partial charge in [-0.25, -0.2) is 4.98 Å². The molecular weight excluding hydrogens is 168 g/mol. The van der Waals surface area contributed by atoms with Crippen molar-refractivity contribution in [3.05, 3.63) is 9.88 Å². The highest BCUT2D eigenvalue weighted by atomic mass is 32.1. The van der Waals surface area contributed by atoms with Gasteiger partial charge in [-0.2, -0.15) is 0 Å². The predicted octanol–water partition coefficient (Wildman–Crippen LogP) is 2.38. The van der Waals surface area contributed by atoms with Crippen LogP contribution in [-0.4, -0.2) is 11.5 Å². The molecule has 2 aliphatic rings. The molecule has 3 rings (SSSR count). The highest BCUT2D eigenvalue weighted by Crippen LogP contribution is 2.44. The third-order valence-corrected chi connectivity index (χ3v) is 3.79. The average molecular weight is 180 g/mol. The molecular formula is C9H12N2S. The third kappa shape index (κ3) is 1.04. The van der Waals surface area contributed by atoms with Crippen LogP contribution in [0, 0.1) is 0 Å². The molecule has 64 valence electrons. The SMILES string of the molecule is C1CNc2nc(C3CC3)sc2C1. The van der Waals surface area contributed by atoms with Crippen LogP contribution in [0.1, 0.15) is 35.1 Å². The molecule has 12 heavy (non-hydrogen) atoms. The number of nitrogens with one attached hydrogen (secondary N) is 1. The van der Waals surface area contributed by atoms with Crippen molar-refractivity contribution in [2.45, 2.75) is 31.6 Å². The molecule has 0 radical (unpaired) electrons. The van der Waals surface area contributed by atoms with Gasteiger partial charge in [-0.1, -0.05) is 0 Å². The number of rotatable bonds is 1. The first-order chi connectivity index (χ1) is 5.93. The molecule has 0 spiro atoms. The van der Waals surface area contributed by atoms with Crippen LogP contribution in [0.25, 0.3) is 0 Å². The monoisotopic (exact) mass is 180 g/mol. The number of aryl methyl sites for hydroxylation is 1. The van der Waals surface area contributed by atoms with Crippen molar-refractivity contribution in [1.29, 1.82) is 0 Å². The van der Waals surface area contributed by atoms with Crippen LogP contribution in [0.15, 0.2) is 0 Å². The zero-order chi connectivity index (χ0) is 7.97. The summed E-state index contributed by atoms with van der Waals surface area (Å²) in [6, 6.07) is 0. The Morgan fingerprint density at radius 2 is 2.33 bits per heavy atom. The Morgan fingerprint density at radius 1 is 1.42 bits per heavy atom. The van der Waals surface area contributed by atoms with Gasteiger partial charge in [0, 0.05) is 17.3 Å². The predicted molar refractivity (Wildman–Crippen MR) is 50.9 cm³/mol. The lowest BCUT2D eigenvalue weighted by atomic mass is 10.2. The Bertz CT molecular complexity index is 278. The Kier molecular flexibility index (Phi) is 1.41. The van der Waals surface area contributed by atoms with Crippen molar-refractivity contribution in [1.82, 2.24) is 4.98 Å². The number of fused-ring (bicyclic) bond motifs is 1. The first-order valence-corrected chi connectivity index (χ1v) is 5.48. The van der Waals surface area contributed by atoms with Crippen LogP contribution in [0.5, 0.6) is 0 Å². The molecule has 0 bridgehead atoms. The molecule has 3 heteroatoms. The molecule has 1 N–H and O–H groups in total. The second-order valence-electron chi connectivity index (χ2n) is 3.63. The molecule has 1 fully saturated rings. The fourth-order valence-electron chi connectivity index (χ4n) is 1.64. The summed E-state index contributed by atoms with van der Waals surface area (Å²) in [4.78, 5) is 6.11. The summed E-state index contributed by atoms with van der Waals surface area (Å²) < 4.78 is 0. The maximum atomic E-state index is 4.62. The molecule has 1 saturated carbocycles. The van der Waals surface area contributed by atoms with E-state index >= 15 is 0 Å². The Morgan fingerprint density at radius 3 is 3.08 bits per heavy atom. The van der Waals surface area contributed by atoms with Crippen molar-refractivity contribution in [2.75, 3.05) is 11.9 Å². The van der Waals surface area contributed by atoms with E-state index in [1.165, 1.54) is 41.4 Å². The zero-order valence-corrected chi connectivity index (χ0v) is 7.78. The molecule has 1 aliphatic heterocycles.